The van der Waals surface area contributed by atoms with Crippen LogP contribution in [0.1, 0.15) is 26.7 Å². The number of hydrogen-bond acceptors (Lipinski definition) is 2. The Kier molecular flexibility index (Phi) is 14.3. The second-order valence-electron chi connectivity index (χ2n) is 2.47. The molecule has 0 unspecified atom stereocenters. The molecule has 0 aromatic rings. The first-order chi connectivity index (χ1) is 6.22. The normalized spacial score (nSPS) is 7.46. The molecule has 0 heterocycles. The van der Waals surface area contributed by atoms with Crippen LogP contribution in [0.15, 0.2) is 0 Å². The molecule has 0 aromatic carbocycles. The standard InChI is InChI=1S/C8H10.C3H6O2/c1-4-6-8(3)7-5-2;1-2-5-3-4/h1-2,8H,6-7H2,3H3;3H,2H2,1H3. The molecule has 0 radical (unpaired) electrons. The van der Waals surface area contributed by atoms with Crippen LogP contribution in [-0.4, -0.2) is 13.1 Å². The Balaban J connectivity index is 0. The van der Waals surface area contributed by atoms with Gasteiger partial charge in [-0.3, -0.25) is 4.79 Å². The van der Waals surface area contributed by atoms with Gasteiger partial charge in [-0.1, -0.05) is 6.92 Å². The molecular formula is C11H16O2. The Morgan fingerprint density at radius 3 is 2.00 bits per heavy atom. The molecule has 0 spiro atoms. The highest BCUT2D eigenvalue weighted by molar-refractivity contribution is 5.36. The second kappa shape index (κ2) is 13.2. The topological polar surface area (TPSA) is 26.3 Å². The maximum Gasteiger partial charge on any atom is 0.293 e. The third-order valence-corrected chi connectivity index (χ3v) is 1.17. The summed E-state index contributed by atoms with van der Waals surface area (Å²) < 4.78 is 4.15. The number of carbonyl (C=O) groups excluding carboxylic acids is 1. The molecule has 0 aromatic heterocycles. The zero-order valence-corrected chi connectivity index (χ0v) is 8.25. The van der Waals surface area contributed by atoms with Crippen molar-refractivity contribution in [2.75, 3.05) is 6.61 Å². The minimum atomic E-state index is 0.431. The number of carbonyl (C=O) groups is 1. The summed E-state index contributed by atoms with van der Waals surface area (Å²) in [5.74, 6) is 5.60. The molecule has 0 aliphatic rings. The summed E-state index contributed by atoms with van der Waals surface area (Å²) >= 11 is 0. The van der Waals surface area contributed by atoms with E-state index in [2.05, 4.69) is 23.5 Å². The highest BCUT2D eigenvalue weighted by atomic mass is 16.5. The lowest BCUT2D eigenvalue weighted by Gasteiger charge is -1.98. The number of ether oxygens (including phenoxy) is 1. The molecule has 0 saturated heterocycles. The van der Waals surface area contributed by atoms with Crippen LogP contribution < -0.4 is 0 Å². The van der Waals surface area contributed by atoms with Crippen molar-refractivity contribution in [3.63, 3.8) is 0 Å². The fraction of sp³-hybridized carbons (Fsp3) is 0.545. The average molecular weight is 180 g/mol. The molecule has 0 aliphatic heterocycles. The molecule has 0 fully saturated rings. The SMILES string of the molecule is C#CCC(C)CC#C.CCOC=O. The first kappa shape index (κ1) is 14.1. The lowest BCUT2D eigenvalue weighted by Crippen LogP contribution is -1.88. The Labute approximate surface area is 80.7 Å². The fourth-order valence-corrected chi connectivity index (χ4v) is 0.543. The Bertz CT molecular complexity index is 167. The summed E-state index contributed by atoms with van der Waals surface area (Å²) in [7, 11) is 0. The molecule has 0 amide bonds. The van der Waals surface area contributed by atoms with Gasteiger partial charge in [0.15, 0.2) is 0 Å². The van der Waals surface area contributed by atoms with E-state index in [9.17, 15) is 4.79 Å². The number of hydrogen-bond donors (Lipinski definition) is 0. The van der Waals surface area contributed by atoms with E-state index in [0.717, 1.165) is 12.8 Å². The van der Waals surface area contributed by atoms with Gasteiger partial charge < -0.3 is 4.74 Å². The van der Waals surface area contributed by atoms with Crippen molar-refractivity contribution in [3.8, 4) is 24.7 Å². The smallest absolute Gasteiger partial charge is 0.293 e. The third kappa shape index (κ3) is 18.0. The van der Waals surface area contributed by atoms with Crippen molar-refractivity contribution in [3.05, 3.63) is 0 Å². The van der Waals surface area contributed by atoms with Gasteiger partial charge in [0.2, 0.25) is 0 Å². The highest BCUT2D eigenvalue weighted by Crippen LogP contribution is 2.03. The lowest BCUT2D eigenvalue weighted by molar-refractivity contribution is -0.128. The van der Waals surface area contributed by atoms with Crippen LogP contribution in [0, 0.1) is 30.6 Å². The van der Waals surface area contributed by atoms with Gasteiger partial charge in [-0.15, -0.1) is 24.7 Å². The first-order valence-electron chi connectivity index (χ1n) is 4.15. The van der Waals surface area contributed by atoms with E-state index in [-0.39, 0.29) is 0 Å². The molecule has 0 aliphatic carbocycles. The molecule has 13 heavy (non-hydrogen) atoms. The monoisotopic (exact) mass is 180 g/mol. The average Bonchev–Trinajstić information content (AvgIpc) is 2.08. The molecule has 72 valence electrons. The molecule has 0 rings (SSSR count). The van der Waals surface area contributed by atoms with Crippen molar-refractivity contribution in [2.24, 2.45) is 5.92 Å². The third-order valence-electron chi connectivity index (χ3n) is 1.17. The van der Waals surface area contributed by atoms with E-state index in [1.807, 2.05) is 0 Å². The fourth-order valence-electron chi connectivity index (χ4n) is 0.543. The maximum absolute atomic E-state index is 9.18. The predicted molar refractivity (Wildman–Crippen MR) is 53.8 cm³/mol. The van der Waals surface area contributed by atoms with E-state index in [1.54, 1.807) is 6.92 Å². The van der Waals surface area contributed by atoms with Gasteiger partial charge in [0.05, 0.1) is 6.61 Å². The van der Waals surface area contributed by atoms with Crippen molar-refractivity contribution in [2.45, 2.75) is 26.7 Å². The van der Waals surface area contributed by atoms with Gasteiger partial charge >= 0.3 is 0 Å². The lowest BCUT2D eigenvalue weighted by atomic mass is 10.1. The molecule has 0 bridgehead atoms. The zero-order chi connectivity index (χ0) is 10.5. The highest BCUT2D eigenvalue weighted by Gasteiger charge is 1.93. The minimum Gasteiger partial charge on any atom is -0.468 e. The van der Waals surface area contributed by atoms with Gasteiger partial charge in [-0.2, -0.15) is 0 Å². The summed E-state index contributed by atoms with van der Waals surface area (Å²) in [6, 6.07) is 0. The van der Waals surface area contributed by atoms with Gasteiger partial charge in [0.1, 0.15) is 0 Å². The summed E-state index contributed by atoms with van der Waals surface area (Å²) in [6.45, 7) is 4.72. The van der Waals surface area contributed by atoms with Crippen LogP contribution >= 0.6 is 0 Å². The molecule has 0 saturated carbocycles. The Morgan fingerprint density at radius 2 is 1.85 bits per heavy atom. The summed E-state index contributed by atoms with van der Waals surface area (Å²) in [5, 5.41) is 0. The quantitative estimate of drug-likeness (QED) is 0.487. The van der Waals surface area contributed by atoms with Crippen LogP contribution in [-0.2, 0) is 9.53 Å². The first-order valence-corrected chi connectivity index (χ1v) is 4.15. The van der Waals surface area contributed by atoms with E-state index >= 15 is 0 Å². The van der Waals surface area contributed by atoms with Crippen molar-refractivity contribution in [1.29, 1.82) is 0 Å². The summed E-state index contributed by atoms with van der Waals surface area (Å²) in [5.41, 5.74) is 0. The van der Waals surface area contributed by atoms with Crippen LogP contribution in [0.4, 0.5) is 0 Å². The maximum atomic E-state index is 9.18. The Hall–Kier alpha value is -1.41. The van der Waals surface area contributed by atoms with Gasteiger partial charge in [-0.25, -0.2) is 0 Å². The summed E-state index contributed by atoms with van der Waals surface area (Å²) in [6.07, 6.45) is 11.7. The predicted octanol–water partition coefficient (Wildman–Crippen LogP) is 1.85. The molecule has 0 N–H and O–H groups in total. The van der Waals surface area contributed by atoms with Crippen molar-refractivity contribution >= 4 is 6.47 Å². The molecular weight excluding hydrogens is 164 g/mol. The minimum absolute atomic E-state index is 0.431. The second-order valence-corrected chi connectivity index (χ2v) is 2.47. The van der Waals surface area contributed by atoms with E-state index in [1.165, 1.54) is 0 Å². The van der Waals surface area contributed by atoms with Crippen molar-refractivity contribution < 1.29 is 9.53 Å². The van der Waals surface area contributed by atoms with Crippen LogP contribution in [0.3, 0.4) is 0 Å². The molecule has 0 atom stereocenters. The number of rotatable bonds is 4. The van der Waals surface area contributed by atoms with Crippen LogP contribution in [0.25, 0.3) is 0 Å². The Morgan fingerprint density at radius 1 is 1.38 bits per heavy atom. The number of terminal acetylenes is 2. The van der Waals surface area contributed by atoms with Gasteiger partial charge in [0, 0.05) is 12.8 Å². The van der Waals surface area contributed by atoms with Gasteiger partial charge in [-0.05, 0) is 12.8 Å². The van der Waals surface area contributed by atoms with Crippen LogP contribution in [0.2, 0.25) is 0 Å². The van der Waals surface area contributed by atoms with E-state index in [0.29, 0.717) is 19.0 Å². The molecule has 2 nitrogen and oxygen atoms in total. The van der Waals surface area contributed by atoms with Crippen LogP contribution in [0.5, 0.6) is 0 Å². The summed E-state index contributed by atoms with van der Waals surface area (Å²) in [4.78, 5) is 9.18. The van der Waals surface area contributed by atoms with E-state index in [4.69, 9.17) is 12.8 Å². The largest absolute Gasteiger partial charge is 0.468 e. The van der Waals surface area contributed by atoms with Gasteiger partial charge in [0.25, 0.3) is 6.47 Å². The molecule has 2 heteroatoms. The van der Waals surface area contributed by atoms with Crippen molar-refractivity contribution in [1.82, 2.24) is 0 Å². The zero-order valence-electron chi connectivity index (χ0n) is 8.25. The van der Waals surface area contributed by atoms with E-state index < -0.39 is 0 Å².